The maximum atomic E-state index is 11.6. The molecule has 0 aliphatic carbocycles. The summed E-state index contributed by atoms with van der Waals surface area (Å²) in [5, 5.41) is 23.5. The third kappa shape index (κ3) is 4.24. The largest absolute Gasteiger partial charge is 0.478 e. The molecule has 1 aromatic carbocycles. The highest BCUT2D eigenvalue weighted by Crippen LogP contribution is 2.33. The van der Waals surface area contributed by atoms with Crippen molar-refractivity contribution in [3.63, 3.8) is 0 Å². The van der Waals surface area contributed by atoms with Crippen molar-refractivity contribution in [3.05, 3.63) is 58.4 Å². The number of nitrogens with one attached hydrogen (secondary N) is 1. The Morgan fingerprint density at radius 3 is 2.84 bits per heavy atom. The molecule has 1 saturated heterocycles. The Hall–Kier alpha value is -3.41. The summed E-state index contributed by atoms with van der Waals surface area (Å²) in [5.74, 6) is -0.344. The highest BCUT2D eigenvalue weighted by atomic mass is 35.5. The average Bonchev–Trinajstić information content (AvgIpc) is 2.78. The van der Waals surface area contributed by atoms with E-state index >= 15 is 0 Å². The van der Waals surface area contributed by atoms with Crippen LogP contribution in [0.25, 0.3) is 10.9 Å². The summed E-state index contributed by atoms with van der Waals surface area (Å²) in [4.78, 5) is 22.5. The van der Waals surface area contributed by atoms with Gasteiger partial charge in [0.2, 0.25) is 0 Å². The van der Waals surface area contributed by atoms with Crippen LogP contribution in [0.5, 0.6) is 0 Å². The average molecular weight is 438 g/mol. The molecule has 0 spiro atoms. The van der Waals surface area contributed by atoms with E-state index in [-0.39, 0.29) is 11.6 Å². The molecule has 3 aromatic rings. The van der Waals surface area contributed by atoms with Crippen molar-refractivity contribution in [1.29, 1.82) is 5.26 Å². The van der Waals surface area contributed by atoms with Crippen LogP contribution in [-0.4, -0.2) is 47.3 Å². The van der Waals surface area contributed by atoms with Crippen molar-refractivity contribution in [1.82, 2.24) is 9.97 Å². The monoisotopic (exact) mass is 437 g/mol. The van der Waals surface area contributed by atoms with Crippen molar-refractivity contribution in [2.75, 3.05) is 36.5 Å². The van der Waals surface area contributed by atoms with Crippen LogP contribution in [0.2, 0.25) is 5.02 Å². The van der Waals surface area contributed by atoms with Crippen LogP contribution < -0.4 is 10.2 Å². The van der Waals surface area contributed by atoms with Crippen LogP contribution >= 0.6 is 11.6 Å². The molecule has 1 fully saturated rings. The van der Waals surface area contributed by atoms with E-state index in [9.17, 15) is 15.2 Å². The number of rotatable bonds is 5. The van der Waals surface area contributed by atoms with Gasteiger partial charge in [0.15, 0.2) is 0 Å². The maximum Gasteiger partial charge on any atom is 0.337 e. The summed E-state index contributed by atoms with van der Waals surface area (Å²) >= 11 is 6.37. The Labute approximate surface area is 184 Å². The summed E-state index contributed by atoms with van der Waals surface area (Å²) in [6, 6.07) is 8.64. The van der Waals surface area contributed by atoms with Gasteiger partial charge in [0, 0.05) is 35.3 Å². The van der Waals surface area contributed by atoms with Gasteiger partial charge in [-0.15, -0.1) is 0 Å². The predicted octanol–water partition coefficient (Wildman–Crippen LogP) is 3.86. The number of anilines is 2. The Morgan fingerprint density at radius 1 is 1.35 bits per heavy atom. The number of aromatic nitrogens is 2. The Morgan fingerprint density at radius 2 is 2.13 bits per heavy atom. The molecule has 31 heavy (non-hydrogen) atoms. The molecule has 1 atom stereocenters. The van der Waals surface area contributed by atoms with Crippen molar-refractivity contribution in [2.45, 2.75) is 13.0 Å². The highest BCUT2D eigenvalue weighted by Gasteiger charge is 2.20. The number of ether oxygens (including phenoxy) is 1. The minimum atomic E-state index is -1.05. The number of nitrogens with zero attached hydrogens (tertiary/aromatic N) is 4. The predicted molar refractivity (Wildman–Crippen MR) is 118 cm³/mol. The number of hydrogen-bond donors (Lipinski definition) is 2. The second kappa shape index (κ2) is 8.76. The summed E-state index contributed by atoms with van der Waals surface area (Å²) < 4.78 is 5.42. The maximum absolute atomic E-state index is 11.6. The van der Waals surface area contributed by atoms with Gasteiger partial charge in [-0.3, -0.25) is 4.98 Å². The van der Waals surface area contributed by atoms with E-state index in [4.69, 9.17) is 21.3 Å². The van der Waals surface area contributed by atoms with Crippen molar-refractivity contribution >= 4 is 40.0 Å². The highest BCUT2D eigenvalue weighted by molar-refractivity contribution is 6.31. The molecule has 2 aromatic heterocycles. The second-order valence-electron chi connectivity index (χ2n) is 7.22. The molecule has 1 aliphatic rings. The molecule has 158 valence electrons. The normalized spacial score (nSPS) is 14.8. The van der Waals surface area contributed by atoms with E-state index in [0.29, 0.717) is 59.3 Å². The third-order valence-corrected chi connectivity index (χ3v) is 5.46. The van der Waals surface area contributed by atoms with Crippen LogP contribution in [0, 0.1) is 11.3 Å². The zero-order valence-corrected chi connectivity index (χ0v) is 17.6. The number of nitriles is 1. The molecular weight excluding hydrogens is 418 g/mol. The van der Waals surface area contributed by atoms with Gasteiger partial charge in [-0.25, -0.2) is 9.78 Å². The number of carboxylic acids is 1. The molecule has 0 saturated carbocycles. The third-order valence-electron chi connectivity index (χ3n) is 5.24. The van der Waals surface area contributed by atoms with Gasteiger partial charge in [-0.05, 0) is 31.2 Å². The van der Waals surface area contributed by atoms with Gasteiger partial charge < -0.3 is 20.1 Å². The van der Waals surface area contributed by atoms with Crippen molar-refractivity contribution in [2.24, 2.45) is 0 Å². The quantitative estimate of drug-likeness (QED) is 0.618. The van der Waals surface area contributed by atoms with Gasteiger partial charge >= 0.3 is 5.97 Å². The number of aromatic carboxylic acids is 1. The first-order valence-corrected chi connectivity index (χ1v) is 10.2. The van der Waals surface area contributed by atoms with Crippen LogP contribution in [0.15, 0.2) is 36.7 Å². The van der Waals surface area contributed by atoms with Crippen LogP contribution in [0.1, 0.15) is 34.5 Å². The molecule has 1 aliphatic heterocycles. The number of carbonyl (C=O) groups is 1. The van der Waals surface area contributed by atoms with Gasteiger partial charge in [0.1, 0.15) is 5.82 Å². The van der Waals surface area contributed by atoms with Gasteiger partial charge in [0.25, 0.3) is 0 Å². The molecule has 4 rings (SSSR count). The Bertz CT molecular complexity index is 1190. The molecule has 8 nitrogen and oxygen atoms in total. The van der Waals surface area contributed by atoms with Gasteiger partial charge in [-0.1, -0.05) is 11.6 Å². The van der Waals surface area contributed by atoms with Crippen LogP contribution in [-0.2, 0) is 4.74 Å². The fourth-order valence-electron chi connectivity index (χ4n) is 3.69. The number of benzene rings is 1. The fraction of sp³-hybridized carbons (Fsp3) is 0.273. The second-order valence-corrected chi connectivity index (χ2v) is 7.66. The number of hydrogen-bond acceptors (Lipinski definition) is 7. The molecule has 1 unspecified atom stereocenters. The summed E-state index contributed by atoms with van der Waals surface area (Å²) in [6.45, 7) is 4.48. The first-order chi connectivity index (χ1) is 15.0. The first-order valence-electron chi connectivity index (χ1n) is 9.78. The van der Waals surface area contributed by atoms with E-state index in [1.165, 1.54) is 18.5 Å². The minimum absolute atomic E-state index is 0.118. The number of pyridine rings is 2. The summed E-state index contributed by atoms with van der Waals surface area (Å²) in [7, 11) is 0. The molecule has 9 heteroatoms. The Kier molecular flexibility index (Phi) is 5.89. The molecule has 2 N–H and O–H groups in total. The van der Waals surface area contributed by atoms with E-state index in [2.05, 4.69) is 21.3 Å². The standard InChI is InChI=1S/C22H20ClN5O3/c1-13(26-19-12-25-3-2-16(19)22(29)30)17-9-15(23)10-18-14(11-24)8-20(27-21(17)18)28-4-6-31-7-5-28/h2-3,8-10,12-13,26H,4-7H2,1H3,(H,29,30). The van der Waals surface area contributed by atoms with E-state index in [1.54, 1.807) is 18.2 Å². The number of carboxylic acid groups (broad SMARTS) is 1. The summed E-state index contributed by atoms with van der Waals surface area (Å²) in [5.41, 5.74) is 2.39. The molecule has 3 heterocycles. The lowest BCUT2D eigenvalue weighted by Gasteiger charge is -2.28. The lowest BCUT2D eigenvalue weighted by molar-refractivity contribution is 0.0697. The lowest BCUT2D eigenvalue weighted by atomic mass is 10.0. The number of fused-ring (bicyclic) bond motifs is 1. The van der Waals surface area contributed by atoms with Gasteiger partial charge in [-0.2, -0.15) is 5.26 Å². The molecule has 0 radical (unpaired) electrons. The van der Waals surface area contributed by atoms with E-state index in [0.717, 1.165) is 5.56 Å². The van der Waals surface area contributed by atoms with Crippen molar-refractivity contribution < 1.29 is 14.6 Å². The van der Waals surface area contributed by atoms with Crippen molar-refractivity contribution in [3.8, 4) is 6.07 Å². The summed E-state index contributed by atoms with van der Waals surface area (Å²) in [6.07, 6.45) is 2.91. The SMILES string of the molecule is CC(Nc1cnccc1C(=O)O)c1cc(Cl)cc2c(C#N)cc(N3CCOCC3)nc12. The van der Waals surface area contributed by atoms with Crippen LogP contribution in [0.3, 0.4) is 0 Å². The zero-order valence-electron chi connectivity index (χ0n) is 16.8. The Balaban J connectivity index is 1.81. The van der Waals surface area contributed by atoms with E-state index < -0.39 is 5.97 Å². The topological polar surface area (TPSA) is 111 Å². The van der Waals surface area contributed by atoms with E-state index in [1.807, 2.05) is 6.92 Å². The number of morpholine rings is 1. The minimum Gasteiger partial charge on any atom is -0.478 e. The van der Waals surface area contributed by atoms with Crippen LogP contribution in [0.4, 0.5) is 11.5 Å². The fourth-order valence-corrected chi connectivity index (χ4v) is 3.91. The molecule has 0 bridgehead atoms. The smallest absolute Gasteiger partial charge is 0.337 e. The lowest BCUT2D eigenvalue weighted by Crippen LogP contribution is -2.36. The first kappa shape index (κ1) is 20.8. The zero-order chi connectivity index (χ0) is 22.0. The number of halogens is 1. The molecule has 0 amide bonds. The molecular formula is C22H20ClN5O3. The van der Waals surface area contributed by atoms with Gasteiger partial charge in [0.05, 0.1) is 53.9 Å².